The molecule has 0 radical (unpaired) electrons. The molecule has 2 amide bonds. The second-order valence-electron chi connectivity index (χ2n) is 23.9. The SMILES string of the molecule is CN(C)C(=O)c1cc2cnc(Nc3ccc(N4CCC(N5CCOCC5)CC4)cc3)nc2n1C12CC(C1)C2.CN(C)C(=O)c1cc2cnc(S(C)=O)nc2n1C12CC(C1)C2.Nc1ccc(N2CCC(N3CCOCC3)CC2)cc1. The van der Waals surface area contributed by atoms with Crippen LogP contribution in [0.25, 0.3) is 22.1 Å². The van der Waals surface area contributed by atoms with E-state index in [2.05, 4.69) is 85.4 Å². The molecule has 4 aliphatic heterocycles. The van der Waals surface area contributed by atoms with Gasteiger partial charge in [-0.1, -0.05) is 0 Å². The Labute approximate surface area is 466 Å². The van der Waals surface area contributed by atoms with Gasteiger partial charge in [0.25, 0.3) is 11.8 Å². The summed E-state index contributed by atoms with van der Waals surface area (Å²) < 4.78 is 26.9. The smallest absolute Gasteiger partial charge is 0.270 e. The minimum Gasteiger partial charge on any atom is -0.399 e. The average molecular weight is 1100 g/mol. The molecular formula is C59H78N14O5S. The van der Waals surface area contributed by atoms with E-state index < -0.39 is 10.8 Å². The fraction of sp³-hybridized carbons (Fsp3) is 0.559. The topological polar surface area (TPSA) is 189 Å². The second-order valence-corrected chi connectivity index (χ2v) is 25.2. The fourth-order valence-corrected chi connectivity index (χ4v) is 14.2. The van der Waals surface area contributed by atoms with Crippen LogP contribution in [-0.2, 0) is 31.4 Å². The second kappa shape index (κ2) is 22.0. The van der Waals surface area contributed by atoms with Gasteiger partial charge in [0.1, 0.15) is 22.7 Å². The van der Waals surface area contributed by atoms with Gasteiger partial charge >= 0.3 is 0 Å². The molecule has 4 aromatic heterocycles. The van der Waals surface area contributed by atoms with Crippen molar-refractivity contribution in [2.75, 3.05) is 134 Å². The van der Waals surface area contributed by atoms with Crippen molar-refractivity contribution in [2.45, 2.75) is 92.5 Å². The van der Waals surface area contributed by atoms with E-state index in [1.165, 1.54) is 37.1 Å². The first-order valence-electron chi connectivity index (χ1n) is 28.6. The van der Waals surface area contributed by atoms with Crippen LogP contribution in [0.3, 0.4) is 0 Å². The van der Waals surface area contributed by atoms with Gasteiger partial charge in [-0.3, -0.25) is 23.6 Å². The lowest BCUT2D eigenvalue weighted by Crippen LogP contribution is -2.60. The molecule has 79 heavy (non-hydrogen) atoms. The van der Waals surface area contributed by atoms with E-state index in [1.807, 2.05) is 30.5 Å². The van der Waals surface area contributed by atoms with Crippen LogP contribution in [-0.4, -0.2) is 190 Å². The van der Waals surface area contributed by atoms with Crippen LogP contribution in [0.15, 0.2) is 78.2 Å². The normalized spacial score (nSPS) is 25.3. The van der Waals surface area contributed by atoms with Crippen molar-refractivity contribution in [2.24, 2.45) is 11.8 Å². The zero-order valence-corrected chi connectivity index (χ0v) is 47.5. The number of carbonyl (C=O) groups excluding carboxylic acids is 2. The number of ether oxygens (including phenoxy) is 2. The zero-order chi connectivity index (χ0) is 54.6. The van der Waals surface area contributed by atoms with Gasteiger partial charge in [0.2, 0.25) is 11.1 Å². The van der Waals surface area contributed by atoms with Crippen LogP contribution >= 0.6 is 0 Å². The number of amides is 2. The van der Waals surface area contributed by atoms with Crippen molar-refractivity contribution >= 4 is 73.4 Å². The molecule has 10 aliphatic rings. The predicted molar refractivity (Wildman–Crippen MR) is 310 cm³/mol. The lowest BCUT2D eigenvalue weighted by molar-refractivity contribution is -0.0871. The number of hydrogen-bond donors (Lipinski definition) is 2. The van der Waals surface area contributed by atoms with E-state index >= 15 is 0 Å². The number of nitrogens with two attached hydrogens (primary N) is 1. The number of carbonyl (C=O) groups is 2. The van der Waals surface area contributed by atoms with Crippen LogP contribution in [0.1, 0.15) is 85.2 Å². The molecule has 16 rings (SSSR count). The highest BCUT2D eigenvalue weighted by Crippen LogP contribution is 2.64. The first-order valence-corrected chi connectivity index (χ1v) is 30.2. The summed E-state index contributed by atoms with van der Waals surface area (Å²) in [5.41, 5.74) is 13.2. The van der Waals surface area contributed by atoms with Crippen LogP contribution < -0.4 is 20.9 Å². The quantitative estimate of drug-likeness (QED) is 0.104. The van der Waals surface area contributed by atoms with Crippen LogP contribution in [0, 0.1) is 11.8 Å². The molecule has 1 atom stereocenters. The van der Waals surface area contributed by atoms with Crippen LogP contribution in [0.5, 0.6) is 0 Å². The van der Waals surface area contributed by atoms with Crippen molar-refractivity contribution < 1.29 is 23.3 Å². The third-order valence-electron chi connectivity index (χ3n) is 18.3. The van der Waals surface area contributed by atoms with Gasteiger partial charge in [-0.05, 0) is 137 Å². The Morgan fingerprint density at radius 1 is 0.608 bits per heavy atom. The van der Waals surface area contributed by atoms with Crippen molar-refractivity contribution in [3.8, 4) is 0 Å². The Morgan fingerprint density at radius 3 is 1.43 bits per heavy atom. The van der Waals surface area contributed by atoms with Gasteiger partial charge in [0.05, 0.1) is 37.2 Å². The van der Waals surface area contributed by atoms with Crippen molar-refractivity contribution in [1.29, 1.82) is 0 Å². The number of aromatic nitrogens is 6. The number of hydrogen-bond acceptors (Lipinski definition) is 15. The van der Waals surface area contributed by atoms with Gasteiger partial charge in [-0.25, -0.2) is 15.0 Å². The van der Waals surface area contributed by atoms with E-state index in [0.29, 0.717) is 22.8 Å². The Balaban J connectivity index is 0.000000129. The molecule has 6 saturated carbocycles. The van der Waals surface area contributed by atoms with Crippen molar-refractivity contribution in [3.05, 3.63) is 84.4 Å². The number of nitrogen functional groups attached to an aromatic ring is 1. The first kappa shape index (κ1) is 53.5. The number of nitrogens with one attached hydrogen (secondary N) is 1. The van der Waals surface area contributed by atoms with Crippen LogP contribution in [0.4, 0.5) is 28.7 Å². The molecular weight excluding hydrogens is 1020 g/mol. The number of nitrogens with zero attached hydrogens (tertiary/aromatic N) is 12. The van der Waals surface area contributed by atoms with Crippen molar-refractivity contribution in [3.63, 3.8) is 0 Å². The maximum absolute atomic E-state index is 13.0. The molecule has 1 unspecified atom stereocenters. The molecule has 2 aromatic carbocycles. The molecule has 4 saturated heterocycles. The van der Waals surface area contributed by atoms with E-state index in [-0.39, 0.29) is 22.9 Å². The molecule has 20 heteroatoms. The third kappa shape index (κ3) is 10.6. The Bertz CT molecular complexity index is 3150. The summed E-state index contributed by atoms with van der Waals surface area (Å²) in [6.45, 7) is 12.3. The number of morpholine rings is 2. The Morgan fingerprint density at radius 2 is 1.03 bits per heavy atom. The standard InChI is InChI=1S/C29H37N7O2.C15H18N4O2S.C15H23N3O/c1-33(2)27(37)25-15-21-19-30-28(32-26(21)36(25)29-16-20(17-29)18-29)31-22-3-5-23(6-4-22)34-9-7-24(8-10-34)35-11-13-38-14-12-35;1-18(2)13(20)11-4-10-8-16-14(22(3)21)17-12(10)19(11)15-5-9(6-15)7-15;16-13-1-3-14(4-2-13)17-7-5-15(6-8-17)18-9-11-19-12-10-18/h3-6,15,19-20,24H,7-14,16-18H2,1-2H3,(H,30,31,32);4,8-9H,5-7H2,1-3H3;1-4,15H,5-12,16H2. The lowest BCUT2D eigenvalue weighted by atomic mass is 9.49. The van der Waals surface area contributed by atoms with E-state index in [0.717, 1.165) is 174 Å². The monoisotopic (exact) mass is 1090 g/mol. The van der Waals surface area contributed by atoms with Crippen molar-refractivity contribution in [1.82, 2.24) is 48.7 Å². The summed E-state index contributed by atoms with van der Waals surface area (Å²) >= 11 is 0. The van der Waals surface area contributed by atoms with E-state index in [4.69, 9.17) is 20.2 Å². The largest absolute Gasteiger partial charge is 0.399 e. The fourth-order valence-electron chi connectivity index (χ4n) is 13.7. The summed E-state index contributed by atoms with van der Waals surface area (Å²) in [4.78, 5) is 57.1. The van der Waals surface area contributed by atoms with Gasteiger partial charge in [0, 0.05) is 156 Å². The van der Waals surface area contributed by atoms with Gasteiger partial charge in [0.15, 0.2) is 0 Å². The molecule has 3 N–H and O–H groups in total. The Kier molecular flexibility index (Phi) is 14.9. The number of piperidine rings is 2. The van der Waals surface area contributed by atoms with E-state index in [1.54, 1.807) is 50.4 Å². The summed E-state index contributed by atoms with van der Waals surface area (Å²) in [6, 6.07) is 22.1. The summed E-state index contributed by atoms with van der Waals surface area (Å²) in [6.07, 6.45) is 16.8. The van der Waals surface area contributed by atoms with Gasteiger partial charge < -0.3 is 49.3 Å². The van der Waals surface area contributed by atoms with Crippen LogP contribution in [0.2, 0.25) is 0 Å². The van der Waals surface area contributed by atoms with Gasteiger partial charge in [-0.2, -0.15) is 4.98 Å². The molecule has 0 spiro atoms. The molecule has 6 aliphatic carbocycles. The molecule has 4 bridgehead atoms. The third-order valence-corrected chi connectivity index (χ3v) is 19.0. The number of rotatable bonds is 11. The molecule has 6 aromatic rings. The minimum atomic E-state index is -1.23. The maximum atomic E-state index is 13.0. The summed E-state index contributed by atoms with van der Waals surface area (Å²) in [5, 5.41) is 5.47. The number of fused-ring (bicyclic) bond motifs is 2. The molecule has 10 fully saturated rings. The van der Waals surface area contributed by atoms with Gasteiger partial charge in [-0.15, -0.1) is 0 Å². The first-order chi connectivity index (χ1) is 38.2. The number of anilines is 5. The Hall–Kier alpha value is -6.19. The molecule has 8 heterocycles. The maximum Gasteiger partial charge on any atom is 0.270 e. The highest BCUT2D eigenvalue weighted by atomic mass is 32.2. The zero-order valence-electron chi connectivity index (χ0n) is 46.7. The highest BCUT2D eigenvalue weighted by Gasteiger charge is 2.60. The predicted octanol–water partition coefficient (Wildman–Crippen LogP) is 6.64. The molecule has 19 nitrogen and oxygen atoms in total. The van der Waals surface area contributed by atoms with E-state index in [9.17, 15) is 13.8 Å². The minimum absolute atomic E-state index is 0.0202. The summed E-state index contributed by atoms with van der Waals surface area (Å²) in [5.74, 6) is 2.15. The lowest BCUT2D eigenvalue weighted by Gasteiger charge is -2.62. The summed E-state index contributed by atoms with van der Waals surface area (Å²) in [7, 11) is 5.89. The number of benzene rings is 2. The highest BCUT2D eigenvalue weighted by molar-refractivity contribution is 7.84. The molecule has 420 valence electrons. The average Bonchev–Trinajstić information content (AvgIpc) is 3.88.